The minimum absolute atomic E-state index is 0.0446. The van der Waals surface area contributed by atoms with Gasteiger partial charge in [-0.1, -0.05) is 6.07 Å². The Balaban J connectivity index is 2.43. The van der Waals surface area contributed by atoms with E-state index >= 15 is 0 Å². The van der Waals surface area contributed by atoms with Crippen molar-refractivity contribution >= 4 is 17.6 Å². The highest BCUT2D eigenvalue weighted by Gasteiger charge is 2.24. The summed E-state index contributed by atoms with van der Waals surface area (Å²) in [7, 11) is 0. The van der Waals surface area contributed by atoms with Crippen molar-refractivity contribution in [3.8, 4) is 11.5 Å². The summed E-state index contributed by atoms with van der Waals surface area (Å²) < 4.78 is 10.1. The third kappa shape index (κ3) is 2.36. The molecule has 1 heterocycles. The molecule has 0 spiro atoms. The Morgan fingerprint density at radius 1 is 1.24 bits per heavy atom. The van der Waals surface area contributed by atoms with Gasteiger partial charge in [-0.3, -0.25) is 4.79 Å². The van der Waals surface area contributed by atoms with Crippen LogP contribution < -0.4 is 20.9 Å². The molecule has 4 N–H and O–H groups in total. The van der Waals surface area contributed by atoms with Crippen molar-refractivity contribution in [3.05, 3.63) is 18.2 Å². The predicted molar refractivity (Wildman–Crippen MR) is 59.3 cm³/mol. The van der Waals surface area contributed by atoms with E-state index in [-0.39, 0.29) is 30.0 Å². The van der Waals surface area contributed by atoms with Crippen LogP contribution in [0.25, 0.3) is 0 Å². The van der Waals surface area contributed by atoms with E-state index in [1.54, 1.807) is 12.1 Å². The number of carbonyl (C=O) groups is 2. The van der Waals surface area contributed by atoms with Crippen LogP contribution >= 0.6 is 0 Å². The molecule has 0 fully saturated rings. The maximum atomic E-state index is 11.6. The smallest absolute Gasteiger partial charge is 0.328 e. The molecule has 17 heavy (non-hydrogen) atoms. The number of benzene rings is 1. The Morgan fingerprint density at radius 3 is 2.76 bits per heavy atom. The van der Waals surface area contributed by atoms with E-state index in [0.29, 0.717) is 0 Å². The maximum absolute atomic E-state index is 11.6. The average Bonchev–Trinajstić information content (AvgIpc) is 2.34. The molecule has 0 saturated heterocycles. The standard InChI is InChI=1S/C11H12N2O4/c12-6-2-1-3-8-10(6)17-11(15)7(13)4-5-9(14)16-8/h1-3,7H,4-5,12-13H2/t7-/m1/s1. The summed E-state index contributed by atoms with van der Waals surface area (Å²) in [4.78, 5) is 23.0. The number of rotatable bonds is 0. The maximum Gasteiger partial charge on any atom is 0.328 e. The van der Waals surface area contributed by atoms with Crippen molar-refractivity contribution in [1.29, 1.82) is 0 Å². The third-order valence-electron chi connectivity index (χ3n) is 2.40. The zero-order valence-electron chi connectivity index (χ0n) is 9.01. The molecule has 0 aromatic heterocycles. The van der Waals surface area contributed by atoms with Gasteiger partial charge in [0.25, 0.3) is 0 Å². The Bertz CT molecular complexity index is 473. The molecule has 1 aromatic rings. The van der Waals surface area contributed by atoms with Crippen LogP contribution in [-0.4, -0.2) is 18.0 Å². The van der Waals surface area contributed by atoms with E-state index in [0.717, 1.165) is 0 Å². The number of para-hydroxylation sites is 1. The Hall–Kier alpha value is -2.08. The number of nitrogens with two attached hydrogens (primary N) is 2. The van der Waals surface area contributed by atoms with Crippen LogP contribution in [0, 0.1) is 0 Å². The number of fused-ring (bicyclic) bond motifs is 1. The molecule has 1 aliphatic heterocycles. The molecule has 0 radical (unpaired) electrons. The number of hydrogen-bond donors (Lipinski definition) is 2. The topological polar surface area (TPSA) is 105 Å². The van der Waals surface area contributed by atoms with Crippen molar-refractivity contribution in [2.75, 3.05) is 5.73 Å². The van der Waals surface area contributed by atoms with Gasteiger partial charge in [-0.15, -0.1) is 0 Å². The summed E-state index contributed by atoms with van der Waals surface area (Å²) in [6.45, 7) is 0. The fourth-order valence-corrected chi connectivity index (χ4v) is 1.46. The second-order valence-electron chi connectivity index (χ2n) is 3.71. The first-order valence-electron chi connectivity index (χ1n) is 5.14. The SMILES string of the molecule is Nc1cccc2c1OC(=O)[C@H](N)CCC(=O)O2. The van der Waals surface area contributed by atoms with Gasteiger partial charge in [0, 0.05) is 6.42 Å². The second-order valence-corrected chi connectivity index (χ2v) is 3.71. The van der Waals surface area contributed by atoms with Crippen molar-refractivity contribution in [2.24, 2.45) is 5.73 Å². The number of ether oxygens (including phenoxy) is 2. The van der Waals surface area contributed by atoms with E-state index in [1.165, 1.54) is 6.07 Å². The quantitative estimate of drug-likeness (QED) is 0.379. The van der Waals surface area contributed by atoms with Crippen molar-refractivity contribution in [1.82, 2.24) is 0 Å². The molecule has 1 aromatic carbocycles. The van der Waals surface area contributed by atoms with E-state index in [4.69, 9.17) is 20.9 Å². The summed E-state index contributed by atoms with van der Waals surface area (Å²) in [5.74, 6) is -0.909. The minimum Gasteiger partial charge on any atom is -0.422 e. The van der Waals surface area contributed by atoms with Crippen LogP contribution in [0.15, 0.2) is 18.2 Å². The summed E-state index contributed by atoms with van der Waals surface area (Å²) in [5, 5.41) is 0. The lowest BCUT2D eigenvalue weighted by atomic mass is 10.2. The molecule has 2 rings (SSSR count). The van der Waals surface area contributed by atoms with Crippen molar-refractivity contribution < 1.29 is 19.1 Å². The van der Waals surface area contributed by atoms with Gasteiger partial charge in [-0.2, -0.15) is 0 Å². The van der Waals surface area contributed by atoms with Gasteiger partial charge in [0.05, 0.1) is 5.69 Å². The second kappa shape index (κ2) is 4.42. The summed E-state index contributed by atoms with van der Waals surface area (Å²) in [5.41, 5.74) is 11.4. The predicted octanol–water partition coefficient (Wildman–Crippen LogP) is 0.201. The first kappa shape index (κ1) is 11.4. The normalized spacial score (nSPS) is 20.4. The molecule has 1 aliphatic rings. The number of carbonyl (C=O) groups excluding carboxylic acids is 2. The van der Waals surface area contributed by atoms with E-state index in [1.807, 2.05) is 0 Å². The van der Waals surface area contributed by atoms with Gasteiger partial charge in [0.2, 0.25) is 0 Å². The number of esters is 2. The number of nitrogen functional groups attached to an aromatic ring is 1. The zero-order valence-corrected chi connectivity index (χ0v) is 9.01. The van der Waals surface area contributed by atoms with Gasteiger partial charge < -0.3 is 20.9 Å². The molecule has 0 saturated carbocycles. The van der Waals surface area contributed by atoms with Crippen molar-refractivity contribution in [2.45, 2.75) is 18.9 Å². The van der Waals surface area contributed by atoms with Crippen LogP contribution in [0.4, 0.5) is 5.69 Å². The van der Waals surface area contributed by atoms with E-state index in [9.17, 15) is 9.59 Å². The molecule has 90 valence electrons. The molecular formula is C11H12N2O4. The highest BCUT2D eigenvalue weighted by Crippen LogP contribution is 2.34. The Morgan fingerprint density at radius 2 is 2.00 bits per heavy atom. The first-order valence-corrected chi connectivity index (χ1v) is 5.14. The summed E-state index contributed by atoms with van der Waals surface area (Å²) in [6, 6.07) is 3.80. The van der Waals surface area contributed by atoms with Gasteiger partial charge in [-0.25, -0.2) is 4.79 Å². The fraction of sp³-hybridized carbons (Fsp3) is 0.273. The van der Waals surface area contributed by atoms with E-state index < -0.39 is 18.0 Å². The van der Waals surface area contributed by atoms with Crippen LogP contribution in [0.5, 0.6) is 11.5 Å². The molecule has 0 aliphatic carbocycles. The zero-order chi connectivity index (χ0) is 12.4. The lowest BCUT2D eigenvalue weighted by Gasteiger charge is -2.11. The van der Waals surface area contributed by atoms with Crippen molar-refractivity contribution in [3.63, 3.8) is 0 Å². The summed E-state index contributed by atoms with van der Waals surface area (Å²) >= 11 is 0. The Kier molecular flexibility index (Phi) is 2.97. The van der Waals surface area contributed by atoms with Gasteiger partial charge in [-0.05, 0) is 18.6 Å². The van der Waals surface area contributed by atoms with Crippen LogP contribution in [0.1, 0.15) is 12.8 Å². The molecule has 6 heteroatoms. The molecule has 1 atom stereocenters. The van der Waals surface area contributed by atoms with Crippen LogP contribution in [0.3, 0.4) is 0 Å². The lowest BCUT2D eigenvalue weighted by molar-refractivity contribution is -0.135. The monoisotopic (exact) mass is 236 g/mol. The molecular weight excluding hydrogens is 224 g/mol. The number of anilines is 1. The van der Waals surface area contributed by atoms with Gasteiger partial charge in [0.1, 0.15) is 6.04 Å². The van der Waals surface area contributed by atoms with Crippen LogP contribution in [-0.2, 0) is 9.59 Å². The molecule has 0 bridgehead atoms. The molecule has 6 nitrogen and oxygen atoms in total. The van der Waals surface area contributed by atoms with Crippen LogP contribution in [0.2, 0.25) is 0 Å². The molecule has 0 amide bonds. The molecule has 0 unspecified atom stereocenters. The number of hydrogen-bond acceptors (Lipinski definition) is 6. The highest BCUT2D eigenvalue weighted by molar-refractivity contribution is 5.84. The first-order chi connectivity index (χ1) is 8.08. The average molecular weight is 236 g/mol. The summed E-state index contributed by atoms with van der Waals surface area (Å²) in [6.07, 6.45) is 0.246. The largest absolute Gasteiger partial charge is 0.422 e. The third-order valence-corrected chi connectivity index (χ3v) is 2.40. The highest BCUT2D eigenvalue weighted by atomic mass is 16.6. The van der Waals surface area contributed by atoms with Gasteiger partial charge in [0.15, 0.2) is 11.5 Å². The Labute approximate surface area is 97.5 Å². The van der Waals surface area contributed by atoms with Gasteiger partial charge >= 0.3 is 11.9 Å². The fourth-order valence-electron chi connectivity index (χ4n) is 1.46. The minimum atomic E-state index is -0.854. The lowest BCUT2D eigenvalue weighted by Crippen LogP contribution is -2.34. The van der Waals surface area contributed by atoms with E-state index in [2.05, 4.69) is 0 Å².